The van der Waals surface area contributed by atoms with Crippen LogP contribution in [0.5, 0.6) is 0 Å². The Balaban J connectivity index is 0.000000125. The molecule has 0 spiro atoms. The fourth-order valence-electron chi connectivity index (χ4n) is 15.7. The number of fused-ring (bicyclic) bond motifs is 12. The Morgan fingerprint density at radius 3 is 0.984 bits per heavy atom. The number of furan rings is 2. The van der Waals surface area contributed by atoms with Crippen molar-refractivity contribution in [3.63, 3.8) is 0 Å². The molecule has 0 aliphatic carbocycles. The summed E-state index contributed by atoms with van der Waals surface area (Å²) in [5.74, 6) is 4.40. The summed E-state index contributed by atoms with van der Waals surface area (Å²) in [4.78, 5) is 48.1. The zero-order valence-corrected chi connectivity index (χ0v) is 68.8. The number of hydrogen-bond donors (Lipinski definition) is 0. The van der Waals surface area contributed by atoms with Gasteiger partial charge in [-0.1, -0.05) is 322 Å². The molecule has 0 saturated carbocycles. The Hall–Kier alpha value is -14.4. The summed E-state index contributed by atoms with van der Waals surface area (Å²) < 4.78 is 30.5. The molecule has 1 aliphatic rings. The van der Waals surface area contributed by atoms with E-state index in [1.807, 2.05) is 140 Å². The summed E-state index contributed by atoms with van der Waals surface area (Å²) >= 11 is 9.48. The molecule has 0 radical (unpaired) electrons. The normalized spacial score (nSPS) is 13.0. The molecule has 14 nitrogen and oxygen atoms in total. The van der Waals surface area contributed by atoms with Crippen LogP contribution in [0.2, 0.25) is 5.28 Å². The van der Waals surface area contributed by atoms with Crippen molar-refractivity contribution in [2.75, 3.05) is 0 Å². The van der Waals surface area contributed by atoms with Gasteiger partial charge in [-0.05, 0) is 86.2 Å². The standard InChI is InChI=1S/C49H29N5OS.C40H31BN2O3S.C15H10ClN3/c1-4-13-31(14-5-1)42-45-43(39-19-10-11-22-41(39)56-45)51-46(50-42)34-25-23-30(24-26-34)36-20-12-21-38-37-28-27-35(29-40(37)55-44(36)38)49-53-47(32-15-6-2-7-16-32)52-48(54-49)33-17-8-3-9-18-33;1-39(2)40(3,4)46-41(45-39)27-21-22-29-30-15-10-14-28(36(30)44-32(29)23-27)24-17-19-26(20-18-24)38-42-34(25-11-6-5-7-12-25)37-35(43-38)31-13-8-9-16-33(31)47-37;16-15-18-13(11-7-3-1-4-8-11)17-14(19-15)12-9-5-2-6-10-12/h1-29H;5-23H,1-4H3;1-10H. The number of thiophene rings is 2. The molecule has 582 valence electrons. The van der Waals surface area contributed by atoms with Gasteiger partial charge in [0.05, 0.1) is 43.0 Å². The van der Waals surface area contributed by atoms with Crippen LogP contribution in [0.15, 0.2) is 361 Å². The molecule has 22 aromatic rings. The van der Waals surface area contributed by atoms with Crippen molar-refractivity contribution in [2.45, 2.75) is 38.9 Å². The molecule has 9 heterocycles. The minimum atomic E-state index is -0.444. The molecule has 8 aromatic heterocycles. The monoisotopic (exact) mass is 1630 g/mol. The number of benzene rings is 14. The Morgan fingerprint density at radius 1 is 0.262 bits per heavy atom. The fraction of sp³-hybridized carbons (Fsp3) is 0.0577. The number of nitrogens with zero attached hydrogens (tertiary/aromatic N) is 10. The minimum Gasteiger partial charge on any atom is -0.455 e. The second-order valence-corrected chi connectivity index (χ2v) is 33.3. The Kier molecular flexibility index (Phi) is 19.3. The van der Waals surface area contributed by atoms with Crippen molar-refractivity contribution in [1.82, 2.24) is 49.8 Å². The van der Waals surface area contributed by atoms with Crippen molar-refractivity contribution in [3.05, 3.63) is 357 Å². The lowest BCUT2D eigenvalue weighted by Crippen LogP contribution is -2.41. The van der Waals surface area contributed by atoms with Gasteiger partial charge in [0, 0.05) is 103 Å². The minimum absolute atomic E-state index is 0.202. The van der Waals surface area contributed by atoms with E-state index in [2.05, 4.69) is 255 Å². The first-order valence-corrected chi connectivity index (χ1v) is 42.2. The lowest BCUT2D eigenvalue weighted by molar-refractivity contribution is 0.00578. The van der Waals surface area contributed by atoms with Crippen LogP contribution in [0.4, 0.5) is 0 Å². The molecule has 0 N–H and O–H groups in total. The molecule has 0 unspecified atom stereocenters. The maximum atomic E-state index is 6.69. The molecule has 122 heavy (non-hydrogen) atoms. The summed E-state index contributed by atoms with van der Waals surface area (Å²) in [6, 6.07) is 119. The van der Waals surface area contributed by atoms with Gasteiger partial charge in [-0.15, -0.1) is 22.7 Å². The van der Waals surface area contributed by atoms with Crippen molar-refractivity contribution in [3.8, 4) is 124 Å². The highest BCUT2D eigenvalue weighted by molar-refractivity contribution is 7.26. The lowest BCUT2D eigenvalue weighted by atomic mass is 9.79. The van der Waals surface area contributed by atoms with Gasteiger partial charge in [-0.3, -0.25) is 0 Å². The first-order valence-electron chi connectivity index (χ1n) is 40.2. The molecule has 0 atom stereocenters. The van der Waals surface area contributed by atoms with E-state index in [0.29, 0.717) is 40.8 Å². The number of rotatable bonds is 12. The molecule has 18 heteroatoms. The zero-order chi connectivity index (χ0) is 82.0. The third kappa shape index (κ3) is 14.3. The van der Waals surface area contributed by atoms with E-state index in [0.717, 1.165) is 164 Å². The third-order valence-corrected chi connectivity index (χ3v) is 25.1. The van der Waals surface area contributed by atoms with Gasteiger partial charge in [0.15, 0.2) is 40.8 Å². The predicted molar refractivity (Wildman–Crippen MR) is 498 cm³/mol. The highest BCUT2D eigenvalue weighted by Gasteiger charge is 2.52. The van der Waals surface area contributed by atoms with Crippen molar-refractivity contribution >= 4 is 131 Å². The van der Waals surface area contributed by atoms with Crippen LogP contribution in [0.25, 0.3) is 209 Å². The third-order valence-electron chi connectivity index (χ3n) is 22.6. The number of para-hydroxylation sites is 2. The van der Waals surface area contributed by atoms with Gasteiger partial charge in [0.1, 0.15) is 22.3 Å². The molecule has 0 bridgehead atoms. The van der Waals surface area contributed by atoms with Gasteiger partial charge in [0.25, 0.3) is 0 Å². The summed E-state index contributed by atoms with van der Waals surface area (Å²) in [6.07, 6.45) is 0. The predicted octanol–water partition coefficient (Wildman–Crippen LogP) is 26.8. The number of halogens is 1. The second kappa shape index (κ2) is 31.4. The summed E-state index contributed by atoms with van der Waals surface area (Å²) in [6.45, 7) is 8.28. The fourth-order valence-corrected chi connectivity index (χ4v) is 18.1. The van der Waals surface area contributed by atoms with Crippen molar-refractivity contribution in [2.24, 2.45) is 0 Å². The number of aromatic nitrogens is 10. The topological polar surface area (TPSA) is 174 Å². The molecule has 23 rings (SSSR count). The summed E-state index contributed by atoms with van der Waals surface area (Å²) in [7, 11) is -0.444. The van der Waals surface area contributed by atoms with Crippen LogP contribution < -0.4 is 5.46 Å². The van der Waals surface area contributed by atoms with Crippen LogP contribution in [0.1, 0.15) is 27.7 Å². The quantitative estimate of drug-likeness (QED) is 0.106. The molecular formula is C104H70BClN10O4S2. The molecular weight excluding hydrogens is 1560 g/mol. The smallest absolute Gasteiger partial charge is 0.455 e. The average Bonchev–Trinajstić information content (AvgIpc) is 1.61. The van der Waals surface area contributed by atoms with Gasteiger partial charge in [-0.25, -0.2) is 39.9 Å². The van der Waals surface area contributed by atoms with Crippen molar-refractivity contribution in [1.29, 1.82) is 0 Å². The zero-order valence-electron chi connectivity index (χ0n) is 66.4. The Bertz CT molecular complexity index is 7590. The maximum Gasteiger partial charge on any atom is 0.494 e. The molecule has 1 fully saturated rings. The van der Waals surface area contributed by atoms with E-state index in [-0.39, 0.29) is 5.28 Å². The Morgan fingerprint density at radius 2 is 0.574 bits per heavy atom. The van der Waals surface area contributed by atoms with E-state index >= 15 is 0 Å². The molecule has 14 aromatic carbocycles. The highest BCUT2D eigenvalue weighted by Crippen LogP contribution is 2.45. The first kappa shape index (κ1) is 75.1. The SMILES string of the molecule is CC1(C)OB(c2ccc3c(c2)oc2c(-c4ccc(-c5nc(-c6ccccc6)c6sc7ccccc7c6n5)cc4)cccc23)OC1(C)C.Clc1nc(-c2ccccc2)nc(-c2ccccc2)n1.c1ccc(-c2nc(-c3ccccc3)nc(-c3ccc4c(c3)oc3c(-c5ccc(-c6nc(-c7ccccc7)c7sc8ccccc8c7n6)cc5)cccc34)n2)cc1. The van der Waals surface area contributed by atoms with E-state index in [9.17, 15) is 0 Å². The van der Waals surface area contributed by atoms with E-state index in [1.54, 1.807) is 22.7 Å². The van der Waals surface area contributed by atoms with Gasteiger partial charge < -0.3 is 18.1 Å². The molecule has 1 saturated heterocycles. The van der Waals surface area contributed by atoms with Crippen LogP contribution in [-0.4, -0.2) is 68.2 Å². The van der Waals surface area contributed by atoms with Crippen molar-refractivity contribution < 1.29 is 18.1 Å². The first-order chi connectivity index (χ1) is 59.8. The van der Waals surface area contributed by atoms with Crippen LogP contribution >= 0.6 is 34.3 Å². The molecule has 1 aliphatic heterocycles. The van der Waals surface area contributed by atoms with Crippen LogP contribution in [-0.2, 0) is 9.31 Å². The number of hydrogen-bond acceptors (Lipinski definition) is 16. The van der Waals surface area contributed by atoms with Gasteiger partial charge in [-0.2, -0.15) is 9.97 Å². The Labute approximate surface area is 714 Å². The average molecular weight is 1630 g/mol. The van der Waals surface area contributed by atoms with Gasteiger partial charge in [0.2, 0.25) is 5.28 Å². The lowest BCUT2D eigenvalue weighted by Gasteiger charge is -2.32. The van der Waals surface area contributed by atoms with Gasteiger partial charge >= 0.3 is 7.12 Å². The van der Waals surface area contributed by atoms with Crippen LogP contribution in [0, 0.1) is 0 Å². The maximum absolute atomic E-state index is 6.69. The van der Waals surface area contributed by atoms with E-state index < -0.39 is 18.3 Å². The molecule has 0 amide bonds. The van der Waals surface area contributed by atoms with E-state index in [4.69, 9.17) is 64.6 Å². The summed E-state index contributed by atoms with van der Waals surface area (Å²) in [5.41, 5.74) is 20.1. The summed E-state index contributed by atoms with van der Waals surface area (Å²) in [5, 5.41) is 6.72. The van der Waals surface area contributed by atoms with Crippen LogP contribution in [0.3, 0.4) is 0 Å². The largest absolute Gasteiger partial charge is 0.494 e. The second-order valence-electron chi connectivity index (χ2n) is 30.9. The van der Waals surface area contributed by atoms with E-state index in [1.165, 1.54) is 9.40 Å². The highest BCUT2D eigenvalue weighted by atomic mass is 35.5.